The van der Waals surface area contributed by atoms with Gasteiger partial charge in [0.05, 0.1) is 5.75 Å². The standard InChI is InChI=1S/C17H16ClN3O3S/c18-15-8-6-14(7-9-15)17-21-20-16(24-17)10-11-19-25(22,23)12-13-4-2-1-3-5-13/h1-9,19H,10-12H2. The fraction of sp³-hybridized carbons (Fsp3) is 0.176. The van der Waals surface area contributed by atoms with Gasteiger partial charge in [0.1, 0.15) is 0 Å². The predicted molar refractivity (Wildman–Crippen MR) is 95.5 cm³/mol. The fourth-order valence-corrected chi connectivity index (χ4v) is 3.49. The summed E-state index contributed by atoms with van der Waals surface area (Å²) in [5.41, 5.74) is 1.49. The Bertz CT molecular complexity index is 925. The molecule has 0 atom stereocenters. The van der Waals surface area contributed by atoms with Crippen LogP contribution in [0.1, 0.15) is 11.5 Å². The van der Waals surface area contributed by atoms with E-state index in [1.807, 2.05) is 18.2 Å². The number of nitrogens with zero attached hydrogens (tertiary/aromatic N) is 2. The number of halogens is 1. The molecule has 0 aliphatic rings. The summed E-state index contributed by atoms with van der Waals surface area (Å²) in [7, 11) is -3.41. The number of hydrogen-bond donors (Lipinski definition) is 1. The van der Waals surface area contributed by atoms with Crippen molar-refractivity contribution >= 4 is 21.6 Å². The Balaban J connectivity index is 1.55. The number of aromatic nitrogens is 2. The Hall–Kier alpha value is -2.22. The third-order valence-electron chi connectivity index (χ3n) is 3.42. The zero-order valence-corrected chi connectivity index (χ0v) is 14.8. The van der Waals surface area contributed by atoms with E-state index in [9.17, 15) is 8.42 Å². The summed E-state index contributed by atoms with van der Waals surface area (Å²) in [5.74, 6) is 0.680. The molecule has 130 valence electrons. The maximum absolute atomic E-state index is 12.1. The molecular formula is C17H16ClN3O3S. The van der Waals surface area contributed by atoms with Gasteiger partial charge in [-0.25, -0.2) is 13.1 Å². The van der Waals surface area contributed by atoms with Gasteiger partial charge < -0.3 is 4.42 Å². The van der Waals surface area contributed by atoms with Crippen molar-refractivity contribution in [2.24, 2.45) is 0 Å². The van der Waals surface area contributed by atoms with E-state index in [4.69, 9.17) is 16.0 Å². The normalized spacial score (nSPS) is 11.6. The molecule has 0 fully saturated rings. The molecule has 2 aromatic carbocycles. The molecule has 1 N–H and O–H groups in total. The highest BCUT2D eigenvalue weighted by atomic mass is 35.5. The summed E-state index contributed by atoms with van der Waals surface area (Å²) in [5, 5.41) is 8.52. The minimum Gasteiger partial charge on any atom is -0.421 e. The van der Waals surface area contributed by atoms with Crippen LogP contribution in [0, 0.1) is 0 Å². The van der Waals surface area contributed by atoms with Crippen LogP contribution in [-0.2, 0) is 22.2 Å². The van der Waals surface area contributed by atoms with Crippen molar-refractivity contribution in [1.82, 2.24) is 14.9 Å². The van der Waals surface area contributed by atoms with Crippen LogP contribution in [0.5, 0.6) is 0 Å². The minimum atomic E-state index is -3.41. The van der Waals surface area contributed by atoms with E-state index in [-0.39, 0.29) is 12.3 Å². The highest BCUT2D eigenvalue weighted by Crippen LogP contribution is 2.20. The molecule has 0 aliphatic carbocycles. The Morgan fingerprint density at radius 1 is 1.00 bits per heavy atom. The highest BCUT2D eigenvalue weighted by Gasteiger charge is 2.13. The average Bonchev–Trinajstić information content (AvgIpc) is 3.04. The van der Waals surface area contributed by atoms with E-state index < -0.39 is 10.0 Å². The molecule has 0 amide bonds. The van der Waals surface area contributed by atoms with Crippen LogP contribution >= 0.6 is 11.6 Å². The van der Waals surface area contributed by atoms with Crippen LogP contribution < -0.4 is 4.72 Å². The smallest absolute Gasteiger partial charge is 0.247 e. The second-order valence-electron chi connectivity index (χ2n) is 5.40. The SMILES string of the molecule is O=S(=O)(Cc1ccccc1)NCCc1nnc(-c2ccc(Cl)cc2)o1. The molecule has 0 unspecified atom stereocenters. The summed E-state index contributed by atoms with van der Waals surface area (Å²) < 4.78 is 32.2. The van der Waals surface area contributed by atoms with Crippen molar-refractivity contribution < 1.29 is 12.8 Å². The summed E-state index contributed by atoms with van der Waals surface area (Å²) in [6.45, 7) is 0.192. The van der Waals surface area contributed by atoms with Crippen molar-refractivity contribution in [2.45, 2.75) is 12.2 Å². The molecule has 0 aliphatic heterocycles. The maximum atomic E-state index is 12.1. The van der Waals surface area contributed by atoms with Gasteiger partial charge in [-0.1, -0.05) is 41.9 Å². The van der Waals surface area contributed by atoms with Gasteiger partial charge in [-0.3, -0.25) is 0 Å². The summed E-state index contributed by atoms with van der Waals surface area (Å²) >= 11 is 5.84. The van der Waals surface area contributed by atoms with Crippen molar-refractivity contribution in [3.8, 4) is 11.5 Å². The number of rotatable bonds is 7. The molecule has 3 rings (SSSR count). The Morgan fingerprint density at radius 2 is 1.72 bits per heavy atom. The first-order valence-corrected chi connectivity index (χ1v) is 9.64. The molecule has 25 heavy (non-hydrogen) atoms. The third-order valence-corrected chi connectivity index (χ3v) is 5.03. The van der Waals surface area contributed by atoms with Gasteiger partial charge in [0.25, 0.3) is 0 Å². The highest BCUT2D eigenvalue weighted by molar-refractivity contribution is 7.88. The lowest BCUT2D eigenvalue weighted by molar-refractivity contribution is 0.502. The molecule has 1 aromatic heterocycles. The average molecular weight is 378 g/mol. The van der Waals surface area contributed by atoms with Crippen molar-refractivity contribution in [3.63, 3.8) is 0 Å². The predicted octanol–water partition coefficient (Wildman–Crippen LogP) is 3.05. The van der Waals surface area contributed by atoms with Crippen molar-refractivity contribution in [2.75, 3.05) is 6.54 Å². The quantitative estimate of drug-likeness (QED) is 0.684. The number of nitrogens with one attached hydrogen (secondary N) is 1. The molecule has 1 heterocycles. The molecule has 8 heteroatoms. The fourth-order valence-electron chi connectivity index (χ4n) is 2.22. The van der Waals surface area contributed by atoms with Crippen LogP contribution in [0.25, 0.3) is 11.5 Å². The second-order valence-corrected chi connectivity index (χ2v) is 7.64. The number of benzene rings is 2. The molecule has 6 nitrogen and oxygen atoms in total. The first kappa shape index (κ1) is 17.6. The minimum absolute atomic E-state index is 0.0618. The zero-order chi connectivity index (χ0) is 17.7. The van der Waals surface area contributed by atoms with Crippen LogP contribution in [0.2, 0.25) is 5.02 Å². The molecule has 0 saturated carbocycles. The zero-order valence-electron chi connectivity index (χ0n) is 13.2. The topological polar surface area (TPSA) is 85.1 Å². The molecule has 0 radical (unpaired) electrons. The first-order valence-electron chi connectivity index (χ1n) is 7.61. The molecule has 0 spiro atoms. The molecular weight excluding hydrogens is 362 g/mol. The third kappa shape index (κ3) is 5.12. The van der Waals surface area contributed by atoms with E-state index in [0.717, 1.165) is 11.1 Å². The first-order chi connectivity index (χ1) is 12.0. The van der Waals surface area contributed by atoms with E-state index in [1.165, 1.54) is 0 Å². The second kappa shape index (κ2) is 7.77. The summed E-state index contributed by atoms with van der Waals surface area (Å²) in [6, 6.07) is 16.0. The molecule has 0 saturated heterocycles. The Morgan fingerprint density at radius 3 is 2.44 bits per heavy atom. The number of hydrogen-bond acceptors (Lipinski definition) is 5. The van der Waals surface area contributed by atoms with Gasteiger partial charge in [0.15, 0.2) is 0 Å². The van der Waals surface area contributed by atoms with Crippen LogP contribution in [-0.4, -0.2) is 25.2 Å². The monoisotopic (exact) mass is 377 g/mol. The van der Waals surface area contributed by atoms with E-state index in [0.29, 0.717) is 23.2 Å². The molecule has 3 aromatic rings. The van der Waals surface area contributed by atoms with Gasteiger partial charge >= 0.3 is 0 Å². The van der Waals surface area contributed by atoms with E-state index in [1.54, 1.807) is 36.4 Å². The van der Waals surface area contributed by atoms with Gasteiger partial charge in [0, 0.05) is 23.6 Å². The molecule has 0 bridgehead atoms. The summed E-state index contributed by atoms with van der Waals surface area (Å²) in [4.78, 5) is 0. The van der Waals surface area contributed by atoms with E-state index >= 15 is 0 Å². The lowest BCUT2D eigenvalue weighted by Crippen LogP contribution is -2.27. The lowest BCUT2D eigenvalue weighted by Gasteiger charge is -2.05. The van der Waals surface area contributed by atoms with E-state index in [2.05, 4.69) is 14.9 Å². The van der Waals surface area contributed by atoms with Crippen molar-refractivity contribution in [1.29, 1.82) is 0 Å². The maximum Gasteiger partial charge on any atom is 0.247 e. The Labute approximate surface area is 150 Å². The van der Waals surface area contributed by atoms with Gasteiger partial charge in [-0.15, -0.1) is 10.2 Å². The van der Waals surface area contributed by atoms with Gasteiger partial charge in [-0.2, -0.15) is 0 Å². The van der Waals surface area contributed by atoms with Gasteiger partial charge in [0.2, 0.25) is 21.8 Å². The van der Waals surface area contributed by atoms with Crippen LogP contribution in [0.3, 0.4) is 0 Å². The van der Waals surface area contributed by atoms with Crippen LogP contribution in [0.4, 0.5) is 0 Å². The summed E-state index contributed by atoms with van der Waals surface area (Å²) in [6.07, 6.45) is 0.314. The van der Waals surface area contributed by atoms with Crippen molar-refractivity contribution in [3.05, 3.63) is 71.1 Å². The van der Waals surface area contributed by atoms with Gasteiger partial charge in [-0.05, 0) is 29.8 Å². The number of sulfonamides is 1. The largest absolute Gasteiger partial charge is 0.421 e. The Kier molecular flexibility index (Phi) is 5.47. The van der Waals surface area contributed by atoms with Crippen LogP contribution in [0.15, 0.2) is 59.0 Å². The lowest BCUT2D eigenvalue weighted by atomic mass is 10.2.